The smallest absolute Gasteiger partial charge is 0.320 e. The van der Waals surface area contributed by atoms with Crippen molar-refractivity contribution < 1.29 is 23.1 Å². The number of nitrogens with zero attached hydrogens (tertiary/aromatic N) is 5. The molecule has 3 rings (SSSR count). The second-order valence-electron chi connectivity index (χ2n) is 7.05. The van der Waals surface area contributed by atoms with E-state index in [0.717, 1.165) is 0 Å². The number of sulfonamides is 1. The van der Waals surface area contributed by atoms with E-state index >= 15 is 0 Å². The van der Waals surface area contributed by atoms with Crippen LogP contribution in [-0.4, -0.2) is 88.7 Å². The van der Waals surface area contributed by atoms with E-state index in [9.17, 15) is 23.1 Å². The van der Waals surface area contributed by atoms with E-state index in [2.05, 4.69) is 5.10 Å². The van der Waals surface area contributed by atoms with Crippen molar-refractivity contribution in [2.75, 3.05) is 39.3 Å². The number of hydrogen-bond donors (Lipinski definition) is 1. The Hall–Kier alpha value is -2.14. The standard InChI is InChI=1S/C16H25N5O5S/c1-12-10-17-18(2)14(12)27(25,26)21-8-6-19(7-9-21)16(24)20-5-3-4-13(11-20)15(22)23/h10,13H,3-9,11H2,1-2H3,(H,22,23). The van der Waals surface area contributed by atoms with Crippen LogP contribution in [0.1, 0.15) is 18.4 Å². The number of carbonyl (C=O) groups is 2. The second-order valence-corrected chi connectivity index (χ2v) is 8.91. The van der Waals surface area contributed by atoms with Gasteiger partial charge in [0.1, 0.15) is 0 Å². The molecule has 2 saturated heterocycles. The van der Waals surface area contributed by atoms with E-state index in [0.29, 0.717) is 24.9 Å². The van der Waals surface area contributed by atoms with Crippen molar-refractivity contribution in [3.8, 4) is 0 Å². The first-order valence-corrected chi connectivity index (χ1v) is 10.4. The highest BCUT2D eigenvalue weighted by atomic mass is 32.2. The fourth-order valence-electron chi connectivity index (χ4n) is 3.70. The number of likely N-dealkylation sites (tertiary alicyclic amines) is 1. The number of rotatable bonds is 3. The van der Waals surface area contributed by atoms with E-state index in [1.165, 1.54) is 15.2 Å². The first-order chi connectivity index (χ1) is 12.7. The minimum atomic E-state index is -3.67. The average Bonchev–Trinajstić information content (AvgIpc) is 3.00. The molecule has 2 aliphatic heterocycles. The Labute approximate surface area is 158 Å². The number of carboxylic acid groups (broad SMARTS) is 1. The van der Waals surface area contributed by atoms with Crippen LogP contribution in [0.25, 0.3) is 0 Å². The summed E-state index contributed by atoms with van der Waals surface area (Å²) >= 11 is 0. The van der Waals surface area contributed by atoms with Crippen molar-refractivity contribution in [3.05, 3.63) is 11.8 Å². The van der Waals surface area contributed by atoms with E-state index in [4.69, 9.17) is 0 Å². The molecule has 3 heterocycles. The summed E-state index contributed by atoms with van der Waals surface area (Å²) in [5, 5.41) is 13.3. The molecule has 2 fully saturated rings. The van der Waals surface area contributed by atoms with Gasteiger partial charge in [-0.15, -0.1) is 0 Å². The number of urea groups is 1. The molecule has 0 bridgehead atoms. The normalized spacial score (nSPS) is 22.1. The predicted octanol–water partition coefficient (Wildman–Crippen LogP) is -0.0486. The molecule has 11 heteroatoms. The van der Waals surface area contributed by atoms with Gasteiger partial charge in [0.05, 0.1) is 12.1 Å². The lowest BCUT2D eigenvalue weighted by atomic mass is 9.98. The lowest BCUT2D eigenvalue weighted by molar-refractivity contribution is -0.143. The van der Waals surface area contributed by atoms with Crippen LogP contribution >= 0.6 is 0 Å². The molecule has 1 aromatic heterocycles. The van der Waals surface area contributed by atoms with Crippen LogP contribution in [0.4, 0.5) is 4.79 Å². The van der Waals surface area contributed by atoms with Gasteiger partial charge in [0, 0.05) is 51.9 Å². The predicted molar refractivity (Wildman–Crippen MR) is 95.6 cm³/mol. The number of aromatic nitrogens is 2. The number of aryl methyl sites for hydroxylation is 2. The highest BCUT2D eigenvalue weighted by Crippen LogP contribution is 2.22. The van der Waals surface area contributed by atoms with Gasteiger partial charge in [-0.05, 0) is 19.8 Å². The summed E-state index contributed by atoms with van der Waals surface area (Å²) in [6.07, 6.45) is 2.76. The third kappa shape index (κ3) is 3.79. The molecule has 10 nitrogen and oxygen atoms in total. The quantitative estimate of drug-likeness (QED) is 0.762. The van der Waals surface area contributed by atoms with Crippen LogP contribution in [0, 0.1) is 12.8 Å². The van der Waals surface area contributed by atoms with Gasteiger partial charge in [-0.1, -0.05) is 0 Å². The number of piperazine rings is 1. The zero-order valence-electron chi connectivity index (χ0n) is 15.5. The van der Waals surface area contributed by atoms with Gasteiger partial charge in [0.25, 0.3) is 10.0 Å². The summed E-state index contributed by atoms with van der Waals surface area (Å²) in [5.41, 5.74) is 0.587. The van der Waals surface area contributed by atoms with Gasteiger partial charge in [0.2, 0.25) is 0 Å². The molecule has 1 unspecified atom stereocenters. The molecule has 1 N–H and O–H groups in total. The van der Waals surface area contributed by atoms with Crippen molar-refractivity contribution in [1.29, 1.82) is 0 Å². The van der Waals surface area contributed by atoms with Crippen LogP contribution in [-0.2, 0) is 21.9 Å². The maximum absolute atomic E-state index is 12.9. The summed E-state index contributed by atoms with van der Waals surface area (Å²) < 4.78 is 28.5. The van der Waals surface area contributed by atoms with Crippen LogP contribution in [0.2, 0.25) is 0 Å². The Balaban J connectivity index is 1.63. The van der Waals surface area contributed by atoms with Gasteiger partial charge >= 0.3 is 12.0 Å². The maximum Gasteiger partial charge on any atom is 0.320 e. The molecule has 1 atom stereocenters. The Morgan fingerprint density at radius 2 is 1.81 bits per heavy atom. The number of aliphatic carboxylic acids is 1. The molecule has 1 aromatic rings. The summed E-state index contributed by atoms with van der Waals surface area (Å²) in [5.74, 6) is -1.41. The maximum atomic E-state index is 12.9. The second kappa shape index (κ2) is 7.47. The molecule has 150 valence electrons. The highest BCUT2D eigenvalue weighted by Gasteiger charge is 2.35. The fourth-order valence-corrected chi connectivity index (χ4v) is 5.43. The first kappa shape index (κ1) is 19.6. The lowest BCUT2D eigenvalue weighted by Crippen LogP contribution is -2.55. The van der Waals surface area contributed by atoms with Crippen molar-refractivity contribution in [2.24, 2.45) is 13.0 Å². The molecular formula is C16H25N5O5S. The fraction of sp³-hybridized carbons (Fsp3) is 0.688. The molecule has 0 spiro atoms. The molecule has 27 heavy (non-hydrogen) atoms. The molecule has 0 saturated carbocycles. The summed E-state index contributed by atoms with van der Waals surface area (Å²) in [7, 11) is -2.08. The van der Waals surface area contributed by atoms with Gasteiger partial charge in [-0.25, -0.2) is 13.2 Å². The number of hydrogen-bond acceptors (Lipinski definition) is 5. The van der Waals surface area contributed by atoms with E-state index in [1.807, 2.05) is 0 Å². The molecule has 0 radical (unpaired) electrons. The van der Waals surface area contributed by atoms with E-state index in [-0.39, 0.29) is 43.8 Å². The summed E-state index contributed by atoms with van der Waals surface area (Å²) in [6.45, 7) is 3.42. The number of amides is 2. The number of carboxylic acids is 1. The van der Waals surface area contributed by atoms with Gasteiger partial charge < -0.3 is 14.9 Å². The minimum absolute atomic E-state index is 0.169. The number of carbonyl (C=O) groups excluding carboxylic acids is 1. The third-order valence-electron chi connectivity index (χ3n) is 5.19. The molecule has 0 aromatic carbocycles. The van der Waals surface area contributed by atoms with Crippen LogP contribution in [0.15, 0.2) is 11.2 Å². The Kier molecular flexibility index (Phi) is 5.43. The zero-order chi connectivity index (χ0) is 19.8. The first-order valence-electron chi connectivity index (χ1n) is 8.97. The van der Waals surface area contributed by atoms with Crippen molar-refractivity contribution in [3.63, 3.8) is 0 Å². The van der Waals surface area contributed by atoms with E-state index in [1.54, 1.807) is 23.8 Å². The largest absolute Gasteiger partial charge is 0.481 e. The highest BCUT2D eigenvalue weighted by molar-refractivity contribution is 7.89. The SMILES string of the molecule is Cc1cnn(C)c1S(=O)(=O)N1CCN(C(=O)N2CCCC(C(=O)O)C2)CC1. The summed E-state index contributed by atoms with van der Waals surface area (Å²) in [6, 6.07) is -0.213. The Bertz CT molecular complexity index is 809. The Morgan fingerprint density at radius 1 is 1.15 bits per heavy atom. The van der Waals surface area contributed by atoms with Crippen molar-refractivity contribution >= 4 is 22.0 Å². The van der Waals surface area contributed by atoms with Gasteiger partial charge in [-0.3, -0.25) is 9.48 Å². The lowest BCUT2D eigenvalue weighted by Gasteiger charge is -2.39. The molecule has 2 amide bonds. The average molecular weight is 399 g/mol. The van der Waals surface area contributed by atoms with E-state index < -0.39 is 21.9 Å². The van der Waals surface area contributed by atoms with Crippen molar-refractivity contribution in [2.45, 2.75) is 24.8 Å². The third-order valence-corrected chi connectivity index (χ3v) is 7.31. The van der Waals surface area contributed by atoms with Crippen LogP contribution in [0.5, 0.6) is 0 Å². The Morgan fingerprint density at radius 3 is 2.37 bits per heavy atom. The molecule has 2 aliphatic rings. The van der Waals surface area contributed by atoms with Crippen LogP contribution in [0.3, 0.4) is 0 Å². The topological polar surface area (TPSA) is 116 Å². The van der Waals surface area contributed by atoms with Crippen molar-refractivity contribution in [1.82, 2.24) is 23.9 Å². The summed E-state index contributed by atoms with van der Waals surface area (Å²) in [4.78, 5) is 27.0. The molecular weight excluding hydrogens is 374 g/mol. The monoisotopic (exact) mass is 399 g/mol. The minimum Gasteiger partial charge on any atom is -0.481 e. The van der Waals surface area contributed by atoms with Gasteiger partial charge in [0.15, 0.2) is 5.03 Å². The molecule has 0 aliphatic carbocycles. The van der Waals surface area contributed by atoms with Gasteiger partial charge in [-0.2, -0.15) is 9.40 Å². The number of piperidine rings is 1. The van der Waals surface area contributed by atoms with Crippen LogP contribution < -0.4 is 0 Å². The zero-order valence-corrected chi connectivity index (χ0v) is 16.4.